The van der Waals surface area contributed by atoms with Crippen molar-refractivity contribution in [3.63, 3.8) is 0 Å². The minimum absolute atomic E-state index is 0.765. The van der Waals surface area contributed by atoms with Gasteiger partial charge in [-0.1, -0.05) is 72.8 Å². The number of aromatic nitrogens is 1. The fourth-order valence-corrected chi connectivity index (χ4v) is 3.78. The summed E-state index contributed by atoms with van der Waals surface area (Å²) in [6.07, 6.45) is 0. The lowest BCUT2D eigenvalue weighted by Gasteiger charge is -2.15. The summed E-state index contributed by atoms with van der Waals surface area (Å²) in [7, 11) is 0. The number of anilines is 1. The molecule has 0 aliphatic rings. The first-order valence-corrected chi connectivity index (χ1v) is 8.76. The summed E-state index contributed by atoms with van der Waals surface area (Å²) in [6.45, 7) is 0. The number of hydrogen-bond acceptors (Lipinski definition) is 1. The SMILES string of the molecule is Nc1ccc(-c2ccccc2)c(-n2c3ccccc3c3ccccc32)c1. The topological polar surface area (TPSA) is 30.9 Å². The normalized spacial score (nSPS) is 11.2. The molecule has 2 heteroatoms. The molecule has 5 aromatic rings. The van der Waals surface area contributed by atoms with Crippen LogP contribution in [0, 0.1) is 0 Å². The number of hydrogen-bond donors (Lipinski definition) is 1. The van der Waals surface area contributed by atoms with Gasteiger partial charge in [-0.3, -0.25) is 0 Å². The van der Waals surface area contributed by atoms with Gasteiger partial charge in [-0.05, 0) is 29.8 Å². The Bertz CT molecular complexity index is 1180. The number of fused-ring (bicyclic) bond motifs is 3. The molecule has 5 rings (SSSR count). The quantitative estimate of drug-likeness (QED) is 0.392. The highest BCUT2D eigenvalue weighted by Crippen LogP contribution is 2.36. The molecule has 0 bridgehead atoms. The van der Waals surface area contributed by atoms with E-state index in [-0.39, 0.29) is 0 Å². The molecule has 0 aliphatic carbocycles. The Morgan fingerprint density at radius 2 is 1.15 bits per heavy atom. The lowest BCUT2D eigenvalue weighted by atomic mass is 10.0. The van der Waals surface area contributed by atoms with Gasteiger partial charge in [0.05, 0.1) is 16.7 Å². The first-order chi connectivity index (χ1) is 12.8. The van der Waals surface area contributed by atoms with Crippen molar-refractivity contribution in [2.24, 2.45) is 0 Å². The molecule has 2 nitrogen and oxygen atoms in total. The molecule has 2 N–H and O–H groups in total. The fraction of sp³-hybridized carbons (Fsp3) is 0. The molecule has 26 heavy (non-hydrogen) atoms. The van der Waals surface area contributed by atoms with Crippen LogP contribution in [-0.2, 0) is 0 Å². The van der Waals surface area contributed by atoms with Gasteiger partial charge < -0.3 is 10.3 Å². The zero-order valence-electron chi connectivity index (χ0n) is 14.3. The molecule has 0 saturated carbocycles. The van der Waals surface area contributed by atoms with Crippen LogP contribution in [0.15, 0.2) is 97.1 Å². The number of nitrogen functional groups attached to an aromatic ring is 1. The van der Waals surface area contributed by atoms with E-state index < -0.39 is 0 Å². The minimum Gasteiger partial charge on any atom is -0.399 e. The monoisotopic (exact) mass is 334 g/mol. The summed E-state index contributed by atoms with van der Waals surface area (Å²) in [5.74, 6) is 0. The fourth-order valence-electron chi connectivity index (χ4n) is 3.78. The van der Waals surface area contributed by atoms with Gasteiger partial charge in [0.15, 0.2) is 0 Å². The second kappa shape index (κ2) is 5.78. The Morgan fingerprint density at radius 1 is 0.577 bits per heavy atom. The minimum atomic E-state index is 0.765. The Morgan fingerprint density at radius 3 is 1.81 bits per heavy atom. The molecule has 0 radical (unpaired) electrons. The van der Waals surface area contributed by atoms with E-state index in [0.717, 1.165) is 11.4 Å². The van der Waals surface area contributed by atoms with Crippen molar-refractivity contribution < 1.29 is 0 Å². The maximum absolute atomic E-state index is 6.19. The van der Waals surface area contributed by atoms with Gasteiger partial charge >= 0.3 is 0 Å². The van der Waals surface area contributed by atoms with Crippen LogP contribution in [-0.4, -0.2) is 4.57 Å². The van der Waals surface area contributed by atoms with Gasteiger partial charge in [-0.25, -0.2) is 0 Å². The van der Waals surface area contributed by atoms with E-state index in [1.165, 1.54) is 32.9 Å². The molecule has 0 saturated heterocycles. The summed E-state index contributed by atoms with van der Waals surface area (Å²) >= 11 is 0. The van der Waals surface area contributed by atoms with Crippen LogP contribution in [0.3, 0.4) is 0 Å². The van der Waals surface area contributed by atoms with Crippen LogP contribution in [0.25, 0.3) is 38.6 Å². The van der Waals surface area contributed by atoms with Crippen molar-refractivity contribution >= 4 is 27.5 Å². The maximum atomic E-state index is 6.19. The van der Waals surface area contributed by atoms with Crippen molar-refractivity contribution in [2.75, 3.05) is 5.73 Å². The predicted molar refractivity (Wildman–Crippen MR) is 111 cm³/mol. The van der Waals surface area contributed by atoms with Gasteiger partial charge in [0, 0.05) is 22.0 Å². The van der Waals surface area contributed by atoms with Gasteiger partial charge in [-0.15, -0.1) is 0 Å². The van der Waals surface area contributed by atoms with Crippen LogP contribution in [0.2, 0.25) is 0 Å². The third-order valence-corrected chi connectivity index (χ3v) is 4.93. The Balaban J connectivity index is 1.93. The first-order valence-electron chi connectivity index (χ1n) is 8.76. The lowest BCUT2D eigenvalue weighted by molar-refractivity contribution is 1.18. The molecule has 0 aliphatic heterocycles. The van der Waals surface area contributed by atoms with Crippen molar-refractivity contribution in [1.82, 2.24) is 4.57 Å². The maximum Gasteiger partial charge on any atom is 0.0561 e. The summed E-state index contributed by atoms with van der Waals surface area (Å²) in [4.78, 5) is 0. The van der Waals surface area contributed by atoms with Crippen molar-refractivity contribution in [2.45, 2.75) is 0 Å². The number of benzene rings is 4. The molecule has 0 amide bonds. The summed E-state index contributed by atoms with van der Waals surface area (Å²) in [5, 5.41) is 2.51. The summed E-state index contributed by atoms with van der Waals surface area (Å²) in [5.41, 5.74) is 12.8. The third kappa shape index (κ3) is 2.20. The Labute approximate surface area is 152 Å². The van der Waals surface area contributed by atoms with Crippen LogP contribution < -0.4 is 5.73 Å². The second-order valence-electron chi connectivity index (χ2n) is 6.51. The average Bonchev–Trinajstić information content (AvgIpc) is 3.03. The van der Waals surface area contributed by atoms with E-state index in [1.807, 2.05) is 12.1 Å². The van der Waals surface area contributed by atoms with Crippen molar-refractivity contribution in [3.05, 3.63) is 97.1 Å². The predicted octanol–water partition coefficient (Wildman–Crippen LogP) is 6.03. The number of para-hydroxylation sites is 2. The molecule has 0 unspecified atom stereocenters. The van der Waals surface area contributed by atoms with Gasteiger partial charge in [0.1, 0.15) is 0 Å². The molecule has 1 aromatic heterocycles. The second-order valence-corrected chi connectivity index (χ2v) is 6.51. The zero-order valence-corrected chi connectivity index (χ0v) is 14.3. The molecule has 0 fully saturated rings. The van der Waals surface area contributed by atoms with E-state index in [9.17, 15) is 0 Å². The third-order valence-electron chi connectivity index (χ3n) is 4.93. The molecule has 0 spiro atoms. The highest BCUT2D eigenvalue weighted by atomic mass is 15.0. The molecule has 0 atom stereocenters. The van der Waals surface area contributed by atoms with Gasteiger partial charge in [0.2, 0.25) is 0 Å². The molecular formula is C24H18N2. The van der Waals surface area contributed by atoms with E-state index >= 15 is 0 Å². The Kier molecular flexibility index (Phi) is 3.29. The van der Waals surface area contributed by atoms with Crippen LogP contribution in [0.1, 0.15) is 0 Å². The molecular weight excluding hydrogens is 316 g/mol. The smallest absolute Gasteiger partial charge is 0.0561 e. The average molecular weight is 334 g/mol. The number of rotatable bonds is 2. The van der Waals surface area contributed by atoms with Gasteiger partial charge in [0.25, 0.3) is 0 Å². The summed E-state index contributed by atoms with van der Waals surface area (Å²) < 4.78 is 2.32. The Hall–Kier alpha value is -3.52. The molecule has 124 valence electrons. The standard InChI is InChI=1S/C24H18N2/c25-18-14-15-19(17-8-2-1-3-9-17)24(16-18)26-22-12-6-4-10-20(22)21-11-5-7-13-23(21)26/h1-16H,25H2. The first kappa shape index (κ1) is 14.8. The van der Waals surface area contributed by atoms with E-state index in [4.69, 9.17) is 5.73 Å². The molecule has 4 aromatic carbocycles. The van der Waals surface area contributed by atoms with E-state index in [1.54, 1.807) is 0 Å². The van der Waals surface area contributed by atoms with E-state index in [0.29, 0.717) is 0 Å². The van der Waals surface area contributed by atoms with Crippen molar-refractivity contribution in [3.8, 4) is 16.8 Å². The van der Waals surface area contributed by atoms with E-state index in [2.05, 4.69) is 89.5 Å². The molecule has 1 heterocycles. The highest BCUT2D eigenvalue weighted by Gasteiger charge is 2.15. The highest BCUT2D eigenvalue weighted by molar-refractivity contribution is 6.09. The number of nitrogens with zero attached hydrogens (tertiary/aromatic N) is 1. The largest absolute Gasteiger partial charge is 0.399 e. The van der Waals surface area contributed by atoms with Crippen LogP contribution in [0.4, 0.5) is 5.69 Å². The van der Waals surface area contributed by atoms with Gasteiger partial charge in [-0.2, -0.15) is 0 Å². The van der Waals surface area contributed by atoms with Crippen LogP contribution >= 0.6 is 0 Å². The summed E-state index contributed by atoms with van der Waals surface area (Å²) in [6, 6.07) is 33.7. The zero-order chi connectivity index (χ0) is 17.5. The lowest BCUT2D eigenvalue weighted by Crippen LogP contribution is -1.99. The van der Waals surface area contributed by atoms with Crippen LogP contribution in [0.5, 0.6) is 0 Å². The number of nitrogens with two attached hydrogens (primary N) is 1. The van der Waals surface area contributed by atoms with Crippen molar-refractivity contribution in [1.29, 1.82) is 0 Å².